The molecule has 0 aliphatic heterocycles. The number of carbonyl (C=O) groups is 1. The summed E-state index contributed by atoms with van der Waals surface area (Å²) in [6.45, 7) is -0.540. The molecule has 0 bridgehead atoms. The molecule has 0 radical (unpaired) electrons. The fourth-order valence-electron chi connectivity index (χ4n) is 2.02. The molecule has 2 aromatic carbocycles. The van der Waals surface area contributed by atoms with Crippen LogP contribution in [0.15, 0.2) is 42.5 Å². The zero-order valence-electron chi connectivity index (χ0n) is 13.2. The van der Waals surface area contributed by atoms with Gasteiger partial charge in [0.15, 0.2) is 0 Å². The first-order valence-electron chi connectivity index (χ1n) is 7.09. The molecule has 0 fully saturated rings. The fraction of sp³-hybridized carbons (Fsp3) is 0.188. The van der Waals surface area contributed by atoms with Gasteiger partial charge in [-0.2, -0.15) is 4.31 Å². The van der Waals surface area contributed by atoms with Crippen molar-refractivity contribution in [1.29, 1.82) is 0 Å². The zero-order valence-corrected chi connectivity index (χ0v) is 14.7. The van der Waals surface area contributed by atoms with Crippen LogP contribution >= 0.6 is 11.6 Å². The summed E-state index contributed by atoms with van der Waals surface area (Å²) < 4.78 is 50.8. The maximum Gasteiger partial charge on any atom is 0.239 e. The van der Waals surface area contributed by atoms with E-state index in [9.17, 15) is 22.0 Å². The Hall–Kier alpha value is -2.03. The molecule has 0 atom stereocenters. The average molecular weight is 389 g/mol. The normalized spacial score (nSPS) is 11.6. The van der Waals surface area contributed by atoms with Crippen LogP contribution in [0.1, 0.15) is 5.56 Å². The van der Waals surface area contributed by atoms with Crippen molar-refractivity contribution in [2.24, 2.45) is 0 Å². The second kappa shape index (κ2) is 7.90. The Morgan fingerprint density at radius 1 is 1.16 bits per heavy atom. The zero-order chi connectivity index (χ0) is 18.6. The van der Waals surface area contributed by atoms with Gasteiger partial charge in [-0.3, -0.25) is 4.79 Å². The number of hydrogen-bond donors (Lipinski definition) is 1. The van der Waals surface area contributed by atoms with Gasteiger partial charge in [-0.15, -0.1) is 0 Å². The predicted molar refractivity (Wildman–Crippen MR) is 91.7 cm³/mol. The predicted octanol–water partition coefficient (Wildman–Crippen LogP) is 3.02. The lowest BCUT2D eigenvalue weighted by Gasteiger charge is -2.19. The van der Waals surface area contributed by atoms with Crippen molar-refractivity contribution in [3.63, 3.8) is 0 Å². The highest BCUT2D eigenvalue weighted by Crippen LogP contribution is 2.19. The van der Waals surface area contributed by atoms with E-state index in [-0.39, 0.29) is 17.3 Å². The summed E-state index contributed by atoms with van der Waals surface area (Å²) in [5.41, 5.74) is 0.774. The van der Waals surface area contributed by atoms with Gasteiger partial charge < -0.3 is 5.32 Å². The van der Waals surface area contributed by atoms with Crippen LogP contribution in [-0.2, 0) is 21.4 Å². The smallest absolute Gasteiger partial charge is 0.239 e. The summed E-state index contributed by atoms with van der Waals surface area (Å²) in [5.74, 6) is -1.69. The van der Waals surface area contributed by atoms with Crippen molar-refractivity contribution < 1.29 is 22.0 Å². The van der Waals surface area contributed by atoms with Gasteiger partial charge >= 0.3 is 0 Å². The van der Waals surface area contributed by atoms with Crippen LogP contribution in [0.5, 0.6) is 0 Å². The maximum atomic E-state index is 13.1. The molecule has 0 aliphatic carbocycles. The van der Waals surface area contributed by atoms with Gasteiger partial charge in [0.25, 0.3) is 0 Å². The lowest BCUT2D eigenvalue weighted by atomic mass is 10.2. The number of amides is 1. The minimum Gasteiger partial charge on any atom is -0.325 e. The van der Waals surface area contributed by atoms with E-state index in [2.05, 4.69) is 5.32 Å². The van der Waals surface area contributed by atoms with E-state index < -0.39 is 34.1 Å². The highest BCUT2D eigenvalue weighted by atomic mass is 35.5. The lowest BCUT2D eigenvalue weighted by molar-refractivity contribution is -0.116. The first-order chi connectivity index (χ1) is 11.6. The SMILES string of the molecule is CS(=O)(=O)N(CC(=O)Nc1ccc(F)c(Cl)c1)Cc1ccc(F)cc1. The van der Waals surface area contributed by atoms with E-state index >= 15 is 0 Å². The second-order valence-electron chi connectivity index (χ2n) is 5.33. The van der Waals surface area contributed by atoms with Crippen molar-refractivity contribution in [2.45, 2.75) is 6.54 Å². The number of anilines is 1. The van der Waals surface area contributed by atoms with E-state index in [1.807, 2.05) is 0 Å². The van der Waals surface area contributed by atoms with Gasteiger partial charge in [0.05, 0.1) is 17.8 Å². The number of carbonyl (C=O) groups excluding carboxylic acids is 1. The molecule has 134 valence electrons. The van der Waals surface area contributed by atoms with E-state index in [0.29, 0.717) is 5.56 Å². The van der Waals surface area contributed by atoms with Crippen molar-refractivity contribution >= 4 is 33.2 Å². The van der Waals surface area contributed by atoms with E-state index in [1.165, 1.54) is 36.4 Å². The van der Waals surface area contributed by atoms with Gasteiger partial charge in [0, 0.05) is 12.2 Å². The summed E-state index contributed by atoms with van der Waals surface area (Å²) in [4.78, 5) is 12.1. The number of sulfonamides is 1. The molecule has 1 amide bonds. The van der Waals surface area contributed by atoms with E-state index in [0.717, 1.165) is 16.6 Å². The number of halogens is 3. The number of nitrogens with zero attached hydrogens (tertiary/aromatic N) is 1. The molecule has 0 heterocycles. The van der Waals surface area contributed by atoms with Crippen LogP contribution in [0.2, 0.25) is 5.02 Å². The summed E-state index contributed by atoms with van der Waals surface area (Å²) in [6.07, 6.45) is 0.971. The van der Waals surface area contributed by atoms with Gasteiger partial charge in [-0.05, 0) is 35.9 Å². The molecular weight excluding hydrogens is 374 g/mol. The third kappa shape index (κ3) is 5.77. The number of rotatable bonds is 6. The monoisotopic (exact) mass is 388 g/mol. The van der Waals surface area contributed by atoms with Crippen LogP contribution < -0.4 is 5.32 Å². The minimum absolute atomic E-state index is 0.0866. The van der Waals surface area contributed by atoms with Crippen molar-refractivity contribution in [2.75, 3.05) is 18.1 Å². The van der Waals surface area contributed by atoms with Crippen LogP contribution in [0, 0.1) is 11.6 Å². The summed E-state index contributed by atoms with van der Waals surface area (Å²) in [7, 11) is -3.68. The minimum atomic E-state index is -3.68. The molecule has 0 saturated heterocycles. The number of benzene rings is 2. The van der Waals surface area contributed by atoms with Gasteiger partial charge in [0.2, 0.25) is 15.9 Å². The molecule has 5 nitrogen and oxygen atoms in total. The fourth-order valence-corrected chi connectivity index (χ4v) is 2.93. The molecule has 2 aromatic rings. The van der Waals surface area contributed by atoms with Gasteiger partial charge in [-0.25, -0.2) is 17.2 Å². The van der Waals surface area contributed by atoms with Crippen molar-refractivity contribution in [1.82, 2.24) is 4.31 Å². The molecule has 0 aliphatic rings. The highest BCUT2D eigenvalue weighted by Gasteiger charge is 2.21. The summed E-state index contributed by atoms with van der Waals surface area (Å²) >= 11 is 5.63. The Morgan fingerprint density at radius 3 is 2.36 bits per heavy atom. The van der Waals surface area contributed by atoms with Gasteiger partial charge in [-0.1, -0.05) is 23.7 Å². The van der Waals surface area contributed by atoms with Crippen LogP contribution in [0.4, 0.5) is 14.5 Å². The third-order valence-electron chi connectivity index (χ3n) is 3.26. The van der Waals surface area contributed by atoms with Gasteiger partial charge in [0.1, 0.15) is 11.6 Å². The standard InChI is InChI=1S/C16H15ClF2N2O3S/c1-25(23,24)21(9-11-2-4-12(18)5-3-11)10-16(22)20-13-6-7-15(19)14(17)8-13/h2-8H,9-10H2,1H3,(H,20,22). The van der Waals surface area contributed by atoms with Crippen molar-refractivity contribution in [3.8, 4) is 0 Å². The molecule has 25 heavy (non-hydrogen) atoms. The Balaban J connectivity index is 2.09. The Morgan fingerprint density at radius 2 is 1.80 bits per heavy atom. The molecule has 0 spiro atoms. The van der Waals surface area contributed by atoms with Crippen LogP contribution in [0.25, 0.3) is 0 Å². The molecule has 0 saturated carbocycles. The molecule has 0 aromatic heterocycles. The lowest BCUT2D eigenvalue weighted by Crippen LogP contribution is -2.36. The Kier molecular flexibility index (Phi) is 6.10. The quantitative estimate of drug-likeness (QED) is 0.827. The molecule has 1 N–H and O–H groups in total. The molecule has 0 unspecified atom stereocenters. The third-order valence-corrected chi connectivity index (χ3v) is 4.75. The molecule has 2 rings (SSSR count). The first kappa shape index (κ1) is 19.3. The largest absolute Gasteiger partial charge is 0.325 e. The van der Waals surface area contributed by atoms with E-state index in [4.69, 9.17) is 11.6 Å². The van der Waals surface area contributed by atoms with E-state index in [1.54, 1.807) is 0 Å². The Labute approximate surface area is 149 Å². The number of hydrogen-bond acceptors (Lipinski definition) is 3. The highest BCUT2D eigenvalue weighted by molar-refractivity contribution is 7.88. The van der Waals surface area contributed by atoms with Crippen molar-refractivity contribution in [3.05, 3.63) is 64.7 Å². The Bertz CT molecular complexity index is 873. The number of nitrogens with one attached hydrogen (secondary N) is 1. The summed E-state index contributed by atoms with van der Waals surface area (Å²) in [6, 6.07) is 8.90. The summed E-state index contributed by atoms with van der Waals surface area (Å²) in [5, 5.41) is 2.29. The first-order valence-corrected chi connectivity index (χ1v) is 9.32. The van der Waals surface area contributed by atoms with Crippen LogP contribution in [-0.4, -0.2) is 31.4 Å². The van der Waals surface area contributed by atoms with Crippen LogP contribution in [0.3, 0.4) is 0 Å². The maximum absolute atomic E-state index is 13.1. The molecule has 9 heteroatoms. The second-order valence-corrected chi connectivity index (χ2v) is 7.72. The topological polar surface area (TPSA) is 66.5 Å². The average Bonchev–Trinajstić information content (AvgIpc) is 2.51. The molecular formula is C16H15ClF2N2O3S.